The first-order chi connectivity index (χ1) is 15.4. The molecule has 33 heavy (non-hydrogen) atoms. The highest BCUT2D eigenvalue weighted by atomic mass is 16.8. The summed E-state index contributed by atoms with van der Waals surface area (Å²) in [6.07, 6.45) is -1.01. The van der Waals surface area contributed by atoms with Crippen LogP contribution in [0.1, 0.15) is 52.5 Å². The molecule has 0 amide bonds. The molecule has 0 aromatic heterocycles. The number of carboxylic acid groups (broad SMARTS) is 1. The summed E-state index contributed by atoms with van der Waals surface area (Å²) in [5, 5.41) is 46.2. The topological polar surface area (TPSA) is 138 Å². The lowest BCUT2D eigenvalue weighted by molar-refractivity contribution is -0.440. The molecular weight excluding hydrogens is 430 g/mol. The predicted octanol–water partition coefficient (Wildman–Crippen LogP) is 1.65. The minimum absolute atomic E-state index is 0.0133. The Morgan fingerprint density at radius 2 is 1.97 bits per heavy atom. The summed E-state index contributed by atoms with van der Waals surface area (Å²) in [4.78, 5) is 11.8. The maximum atomic E-state index is 11.8. The second-order valence-electron chi connectivity index (χ2n) is 9.52. The average Bonchev–Trinajstić information content (AvgIpc) is 3.28. The molecule has 1 aliphatic carbocycles. The van der Waals surface area contributed by atoms with E-state index in [-0.39, 0.29) is 18.9 Å². The normalized spacial score (nSPS) is 32.5. The molecule has 0 radical (unpaired) electrons. The highest BCUT2D eigenvalue weighted by Gasteiger charge is 2.69. The fraction of sp³-hybridized carbons (Fsp3) is 0.625. The Morgan fingerprint density at radius 1 is 1.27 bits per heavy atom. The van der Waals surface area contributed by atoms with Crippen molar-refractivity contribution >= 4 is 11.5 Å². The van der Waals surface area contributed by atoms with Gasteiger partial charge in [-0.05, 0) is 58.6 Å². The van der Waals surface area contributed by atoms with Crippen LogP contribution in [0.4, 0.5) is 0 Å². The van der Waals surface area contributed by atoms with Gasteiger partial charge in [-0.3, -0.25) is 0 Å². The second kappa shape index (κ2) is 9.69. The van der Waals surface area contributed by atoms with E-state index in [1.807, 2.05) is 32.9 Å². The summed E-state index contributed by atoms with van der Waals surface area (Å²) >= 11 is 0. The van der Waals surface area contributed by atoms with Crippen molar-refractivity contribution in [2.45, 2.75) is 82.4 Å². The number of aliphatic hydroxyl groups excluding tert-OH is 2. The van der Waals surface area contributed by atoms with Crippen LogP contribution in [0.15, 0.2) is 30.3 Å². The first-order valence-electron chi connectivity index (χ1n) is 11.3. The number of hydrogen-bond donors (Lipinski definition) is 5. The molecule has 1 heterocycles. The Morgan fingerprint density at radius 3 is 2.55 bits per heavy atom. The van der Waals surface area contributed by atoms with Gasteiger partial charge in [0.15, 0.2) is 12.2 Å². The molecule has 1 aliphatic heterocycles. The Bertz CT molecular complexity index is 881. The van der Waals surface area contributed by atoms with E-state index in [0.717, 1.165) is 30.4 Å². The van der Waals surface area contributed by atoms with Crippen molar-refractivity contribution in [3.8, 4) is 5.75 Å². The van der Waals surface area contributed by atoms with E-state index in [2.05, 4.69) is 11.4 Å². The standard InChI is InChI=1S/C24H35NO8/c1-5-31-23(14-25-22(2,3)4)24(30,20(27)18(26)19(33-23)21(28)29)32-17-13-9-8-12-16(17)15-10-6-7-11-15/h8-10,12-13,18-20,25-27,30H,5-7,11,14H2,1-4H3,(H,28,29)/t18-,19+,20+,23-,24+/m1/s1. The minimum Gasteiger partial charge on any atom is -0.479 e. The fourth-order valence-corrected chi connectivity index (χ4v) is 4.19. The summed E-state index contributed by atoms with van der Waals surface area (Å²) in [6, 6.07) is 7.05. The number of carbonyl (C=O) groups is 1. The number of rotatable bonds is 8. The summed E-state index contributed by atoms with van der Waals surface area (Å²) in [7, 11) is 0. The van der Waals surface area contributed by atoms with Gasteiger partial charge in [0.1, 0.15) is 11.9 Å². The monoisotopic (exact) mass is 465 g/mol. The molecule has 1 fully saturated rings. The van der Waals surface area contributed by atoms with Crippen LogP contribution in [-0.4, -0.2) is 75.0 Å². The zero-order chi connectivity index (χ0) is 24.4. The van der Waals surface area contributed by atoms with Crippen molar-refractivity contribution in [3.63, 3.8) is 0 Å². The predicted molar refractivity (Wildman–Crippen MR) is 120 cm³/mol. The van der Waals surface area contributed by atoms with Crippen LogP contribution in [-0.2, 0) is 14.3 Å². The number of nitrogens with one attached hydrogen (secondary N) is 1. The number of hydrogen-bond acceptors (Lipinski definition) is 8. The molecule has 3 rings (SSSR count). The molecule has 0 spiro atoms. The van der Waals surface area contributed by atoms with Gasteiger partial charge < -0.3 is 40.0 Å². The highest BCUT2D eigenvalue weighted by Crippen LogP contribution is 2.43. The molecule has 5 N–H and O–H groups in total. The van der Waals surface area contributed by atoms with Crippen LogP contribution in [0.5, 0.6) is 5.75 Å². The molecule has 184 valence electrons. The van der Waals surface area contributed by atoms with Crippen LogP contribution in [0.2, 0.25) is 0 Å². The summed E-state index contributed by atoms with van der Waals surface area (Å²) < 4.78 is 17.6. The number of ether oxygens (including phenoxy) is 3. The van der Waals surface area contributed by atoms with Crippen LogP contribution in [0, 0.1) is 0 Å². The Labute approximate surface area is 194 Å². The lowest BCUT2D eigenvalue weighted by atomic mass is 9.87. The van der Waals surface area contributed by atoms with E-state index in [1.165, 1.54) is 0 Å². The maximum absolute atomic E-state index is 11.8. The summed E-state index contributed by atoms with van der Waals surface area (Å²) in [5.41, 5.74) is 1.31. The molecule has 0 unspecified atom stereocenters. The van der Waals surface area contributed by atoms with E-state index >= 15 is 0 Å². The molecule has 2 aliphatic rings. The second-order valence-corrected chi connectivity index (χ2v) is 9.52. The van der Waals surface area contributed by atoms with Gasteiger partial charge in [0.05, 0.1) is 6.54 Å². The number of carboxylic acids is 1. The molecule has 9 nitrogen and oxygen atoms in total. The SMILES string of the molecule is CCO[C@]1(CNC(C)(C)C)O[C@H](C(=O)O)[C@@H](O)[C@H](O)[C@]1(O)Oc1ccccc1C1=CCCC1. The number of para-hydroxylation sites is 1. The van der Waals surface area contributed by atoms with Crippen LogP contribution in [0.25, 0.3) is 5.57 Å². The van der Waals surface area contributed by atoms with Crippen molar-refractivity contribution in [1.29, 1.82) is 0 Å². The third-order valence-corrected chi connectivity index (χ3v) is 5.91. The average molecular weight is 466 g/mol. The molecule has 1 aromatic rings. The van der Waals surface area contributed by atoms with Gasteiger partial charge in [0.2, 0.25) is 0 Å². The molecule has 5 atom stereocenters. The van der Waals surface area contributed by atoms with Gasteiger partial charge in [-0.2, -0.15) is 0 Å². The van der Waals surface area contributed by atoms with Gasteiger partial charge in [-0.25, -0.2) is 4.79 Å². The van der Waals surface area contributed by atoms with Gasteiger partial charge >= 0.3 is 5.97 Å². The molecule has 1 aromatic carbocycles. The molecule has 0 saturated carbocycles. The van der Waals surface area contributed by atoms with Crippen LogP contribution < -0.4 is 10.1 Å². The third-order valence-electron chi connectivity index (χ3n) is 5.91. The van der Waals surface area contributed by atoms with Gasteiger partial charge in [-0.15, -0.1) is 0 Å². The van der Waals surface area contributed by atoms with Crippen LogP contribution >= 0.6 is 0 Å². The van der Waals surface area contributed by atoms with Crippen molar-refractivity contribution in [2.24, 2.45) is 0 Å². The van der Waals surface area contributed by atoms with E-state index in [1.54, 1.807) is 19.1 Å². The van der Waals surface area contributed by atoms with E-state index in [0.29, 0.717) is 0 Å². The van der Waals surface area contributed by atoms with Crippen molar-refractivity contribution in [1.82, 2.24) is 5.32 Å². The van der Waals surface area contributed by atoms with Gasteiger partial charge in [0.25, 0.3) is 11.6 Å². The van der Waals surface area contributed by atoms with Crippen molar-refractivity contribution in [2.75, 3.05) is 13.2 Å². The quantitative estimate of drug-likeness (QED) is 0.363. The smallest absolute Gasteiger partial charge is 0.335 e. The van der Waals surface area contributed by atoms with Gasteiger partial charge in [-0.1, -0.05) is 24.3 Å². The van der Waals surface area contributed by atoms with E-state index in [9.17, 15) is 25.2 Å². The number of aliphatic hydroxyl groups is 3. The van der Waals surface area contributed by atoms with E-state index < -0.39 is 41.4 Å². The molecule has 1 saturated heterocycles. The third kappa shape index (κ3) is 5.08. The Balaban J connectivity index is 2.10. The van der Waals surface area contributed by atoms with Crippen LogP contribution in [0.3, 0.4) is 0 Å². The molecule has 0 bridgehead atoms. The van der Waals surface area contributed by atoms with E-state index in [4.69, 9.17) is 14.2 Å². The Kier molecular flexibility index (Phi) is 7.52. The van der Waals surface area contributed by atoms with Gasteiger partial charge in [0, 0.05) is 17.7 Å². The number of benzene rings is 1. The molecular formula is C24H35NO8. The number of aliphatic carboxylic acids is 1. The fourth-order valence-electron chi connectivity index (χ4n) is 4.19. The zero-order valence-corrected chi connectivity index (χ0v) is 19.6. The lowest BCUT2D eigenvalue weighted by Crippen LogP contribution is -2.79. The number of allylic oxidation sites excluding steroid dienone is 2. The first kappa shape index (κ1) is 25.6. The first-order valence-corrected chi connectivity index (χ1v) is 11.3. The largest absolute Gasteiger partial charge is 0.479 e. The zero-order valence-electron chi connectivity index (χ0n) is 19.6. The molecule has 9 heteroatoms. The summed E-state index contributed by atoms with van der Waals surface area (Å²) in [6.45, 7) is 7.05. The Hall–Kier alpha value is -2.01. The maximum Gasteiger partial charge on any atom is 0.335 e. The summed E-state index contributed by atoms with van der Waals surface area (Å²) in [5.74, 6) is -6.02. The van der Waals surface area contributed by atoms with Crippen molar-refractivity contribution in [3.05, 3.63) is 35.9 Å². The highest BCUT2D eigenvalue weighted by molar-refractivity contribution is 5.74. The minimum atomic E-state index is -2.64. The van der Waals surface area contributed by atoms with Crippen molar-refractivity contribution < 1.29 is 39.4 Å². The lowest BCUT2D eigenvalue weighted by Gasteiger charge is -2.53.